The van der Waals surface area contributed by atoms with Crippen LogP contribution >= 0.6 is 0 Å². The third kappa shape index (κ3) is 20.3. The van der Waals surface area contributed by atoms with Crippen molar-refractivity contribution in [3.63, 3.8) is 0 Å². The molecule has 0 saturated carbocycles. The van der Waals surface area contributed by atoms with Gasteiger partial charge in [-0.15, -0.1) is 19.5 Å². The molecule has 92 valence electrons. The van der Waals surface area contributed by atoms with Crippen LogP contribution in [0.15, 0.2) is 18.2 Å². The quantitative estimate of drug-likeness (QED) is 0.446. The number of hydrogen-bond acceptors (Lipinski definition) is 0. The van der Waals surface area contributed by atoms with Gasteiger partial charge in [0.25, 0.3) is 0 Å². The van der Waals surface area contributed by atoms with Gasteiger partial charge in [-0.25, -0.2) is 12.2 Å². The minimum absolute atomic E-state index is 0. The molecule has 0 radical (unpaired) electrons. The maximum Gasteiger partial charge on any atom is 0 e. The molecule has 0 spiro atoms. The zero-order chi connectivity index (χ0) is 7.07. The van der Waals surface area contributed by atoms with Crippen molar-refractivity contribution in [3.8, 4) is 0 Å². The predicted octanol–water partition coefficient (Wildman–Crippen LogP) is 4.26. The van der Waals surface area contributed by atoms with Crippen LogP contribution in [0.5, 0.6) is 0 Å². The van der Waals surface area contributed by atoms with Gasteiger partial charge in [-0.1, -0.05) is 12.8 Å². The molecule has 2 rings (SSSR count). The van der Waals surface area contributed by atoms with Gasteiger partial charge in [0.05, 0.1) is 0 Å². The van der Waals surface area contributed by atoms with Crippen molar-refractivity contribution in [2.45, 2.75) is 19.3 Å². The average molecular weight is 243 g/mol. The zero-order valence-electron chi connectivity index (χ0n) is 10.7. The summed E-state index contributed by atoms with van der Waals surface area (Å²) >= 11 is 0. The molecule has 0 aromatic rings. The largest absolute Gasteiger partial charge is 0.662 e. The first-order valence-corrected chi connectivity index (χ1v) is 3.85. The molecule has 0 aromatic heterocycles. The Morgan fingerprint density at radius 3 is 1.60 bits per heavy atom. The van der Waals surface area contributed by atoms with E-state index in [4.69, 9.17) is 0 Å². The monoisotopic (exact) mass is 243 g/mol. The summed E-state index contributed by atoms with van der Waals surface area (Å²) < 4.78 is 0. The van der Waals surface area contributed by atoms with Crippen LogP contribution in [-0.2, 0) is 21.7 Å². The molecule has 2 aliphatic rings. The molecule has 0 aromatic carbocycles. The Kier molecular flexibility index (Phi) is 46.6. The van der Waals surface area contributed by atoms with E-state index < -0.39 is 0 Å². The molecule has 1 aliphatic heterocycles. The minimum atomic E-state index is 0. The molecule has 0 amide bonds. The summed E-state index contributed by atoms with van der Waals surface area (Å²) in [6.07, 6.45) is 12.7. The molecule has 1 saturated heterocycles. The fourth-order valence-electron chi connectivity index (χ4n) is 0.899. The second-order valence-corrected chi connectivity index (χ2v) is 2.38. The topological polar surface area (TPSA) is 14.1 Å². The second kappa shape index (κ2) is 23.8. The number of rotatable bonds is 0. The Morgan fingerprint density at radius 2 is 1.47 bits per heavy atom. The van der Waals surface area contributed by atoms with E-state index in [2.05, 4.69) is 17.5 Å². The van der Waals surface area contributed by atoms with E-state index in [9.17, 15) is 0 Å². The summed E-state index contributed by atoms with van der Waals surface area (Å²) in [6, 6.07) is 0. The third-order valence-corrected chi connectivity index (χ3v) is 1.47. The van der Waals surface area contributed by atoms with Crippen molar-refractivity contribution in [3.05, 3.63) is 59.3 Å². The first kappa shape index (κ1) is 29.4. The van der Waals surface area contributed by atoms with Crippen LogP contribution in [0.1, 0.15) is 19.3 Å². The molecule has 0 unspecified atom stereocenters. The molecule has 1 nitrogen and oxygen atoms in total. The first-order chi connectivity index (χ1) is 5.00. The summed E-state index contributed by atoms with van der Waals surface area (Å²) in [7, 11) is 0. The van der Waals surface area contributed by atoms with E-state index in [0.717, 1.165) is 19.5 Å². The van der Waals surface area contributed by atoms with Gasteiger partial charge in [-0.3, -0.25) is 6.08 Å². The van der Waals surface area contributed by atoms with Crippen LogP contribution in [0.2, 0.25) is 0 Å². The standard InChI is InChI=1S/C5H5.C4H8N.4CH3.Ti/c2*1-2-4-5-3-1;;;;;/h1-3H,4H2;1-4H2;4*1H3;/q6*-1;. The minimum Gasteiger partial charge on any atom is -0.662 e. The third-order valence-electron chi connectivity index (χ3n) is 1.47. The Labute approximate surface area is 113 Å². The SMILES string of the molecule is C1CC[N-]C1.[C-]1=CC=CC1.[CH3-].[CH3-].[CH3-].[CH3-].[Ti]. The molecular weight excluding hydrogens is 218 g/mol. The Bertz CT molecular complexity index is 109. The first-order valence-electron chi connectivity index (χ1n) is 3.85. The van der Waals surface area contributed by atoms with Crippen molar-refractivity contribution < 1.29 is 21.7 Å². The molecule has 1 aliphatic carbocycles. The van der Waals surface area contributed by atoms with Crippen LogP contribution < -0.4 is 0 Å². The maximum atomic E-state index is 4.08. The van der Waals surface area contributed by atoms with Crippen molar-refractivity contribution in [2.75, 3.05) is 13.1 Å². The normalized spacial score (nSPS) is 13.9. The van der Waals surface area contributed by atoms with E-state index in [0.29, 0.717) is 0 Å². The zero-order valence-corrected chi connectivity index (χ0v) is 12.3. The van der Waals surface area contributed by atoms with Gasteiger partial charge in [0, 0.05) is 21.7 Å². The molecule has 0 bridgehead atoms. The van der Waals surface area contributed by atoms with Gasteiger partial charge in [-0.2, -0.15) is 6.08 Å². The second-order valence-electron chi connectivity index (χ2n) is 2.38. The number of nitrogens with zero attached hydrogens (tertiary/aromatic N) is 1. The smallest absolute Gasteiger partial charge is 0 e. The molecule has 15 heavy (non-hydrogen) atoms. The van der Waals surface area contributed by atoms with Crippen LogP contribution in [0.4, 0.5) is 0 Å². The summed E-state index contributed by atoms with van der Waals surface area (Å²) in [4.78, 5) is 0. The van der Waals surface area contributed by atoms with Crippen LogP contribution in [0.25, 0.3) is 5.32 Å². The van der Waals surface area contributed by atoms with Crippen molar-refractivity contribution in [1.82, 2.24) is 0 Å². The Morgan fingerprint density at radius 1 is 0.933 bits per heavy atom. The van der Waals surface area contributed by atoms with Crippen LogP contribution in [0, 0.1) is 35.8 Å². The van der Waals surface area contributed by atoms with Gasteiger partial charge in [-0.05, 0) is 0 Å². The van der Waals surface area contributed by atoms with Gasteiger partial charge in [0.15, 0.2) is 0 Å². The van der Waals surface area contributed by atoms with Crippen molar-refractivity contribution in [2.24, 2.45) is 0 Å². The molecule has 1 fully saturated rings. The van der Waals surface area contributed by atoms with E-state index in [1.54, 1.807) is 0 Å². The number of hydrogen-bond donors (Lipinski definition) is 0. The van der Waals surface area contributed by atoms with E-state index in [1.807, 2.05) is 12.2 Å². The van der Waals surface area contributed by atoms with Gasteiger partial charge in [0.2, 0.25) is 0 Å². The fraction of sp³-hybridized carbons (Fsp3) is 0.385. The maximum absolute atomic E-state index is 4.08. The summed E-state index contributed by atoms with van der Waals surface area (Å²) in [5.41, 5.74) is 0. The van der Waals surface area contributed by atoms with Gasteiger partial charge in [0.1, 0.15) is 0 Å². The van der Waals surface area contributed by atoms with Gasteiger partial charge < -0.3 is 35.0 Å². The van der Waals surface area contributed by atoms with E-state index in [-0.39, 0.29) is 51.4 Å². The summed E-state index contributed by atoms with van der Waals surface area (Å²) in [5.74, 6) is 0. The molecule has 0 N–H and O–H groups in total. The van der Waals surface area contributed by atoms with Crippen molar-refractivity contribution in [1.29, 1.82) is 0 Å². The molecular formula is C13H25NTi-6. The molecule has 0 atom stereocenters. The molecule has 2 heteroatoms. The average Bonchev–Trinajstić information content (AvgIpc) is 2.67. The van der Waals surface area contributed by atoms with Crippen LogP contribution in [-0.4, -0.2) is 13.1 Å². The van der Waals surface area contributed by atoms with E-state index in [1.165, 1.54) is 12.8 Å². The van der Waals surface area contributed by atoms with Gasteiger partial charge >= 0.3 is 0 Å². The molecule has 1 heterocycles. The van der Waals surface area contributed by atoms with E-state index >= 15 is 0 Å². The Hall–Kier alpha value is 0.154. The summed E-state index contributed by atoms with van der Waals surface area (Å²) in [6.45, 7) is 2.25. The predicted molar refractivity (Wildman–Crippen MR) is 69.6 cm³/mol. The van der Waals surface area contributed by atoms with Crippen LogP contribution in [0.3, 0.4) is 0 Å². The Balaban J connectivity index is -0.0000000333. The number of allylic oxidation sites excluding steroid dienone is 4. The fourth-order valence-corrected chi connectivity index (χ4v) is 0.899. The summed E-state index contributed by atoms with van der Waals surface area (Å²) in [5, 5.41) is 4.08. The van der Waals surface area contributed by atoms with Crippen molar-refractivity contribution >= 4 is 0 Å².